The monoisotopic (exact) mass is 395 g/mol. The number of pyridine rings is 1. The van der Waals surface area contributed by atoms with Crippen LogP contribution >= 0.6 is 11.3 Å². The van der Waals surface area contributed by atoms with Gasteiger partial charge in [-0.2, -0.15) is 5.10 Å². The number of hydrogen-bond donors (Lipinski definition) is 1. The smallest absolute Gasteiger partial charge is 0.259 e. The Morgan fingerprint density at radius 3 is 2.86 bits per heavy atom. The first-order valence-corrected chi connectivity index (χ1v) is 9.97. The van der Waals surface area contributed by atoms with E-state index in [-0.39, 0.29) is 11.9 Å². The molecular weight excluding hydrogens is 374 g/mol. The maximum absolute atomic E-state index is 12.8. The molecule has 0 fully saturated rings. The third-order valence-electron chi connectivity index (χ3n) is 4.38. The lowest BCUT2D eigenvalue weighted by Crippen LogP contribution is -2.14. The van der Waals surface area contributed by atoms with Crippen molar-refractivity contribution in [3.05, 3.63) is 41.7 Å². The summed E-state index contributed by atoms with van der Waals surface area (Å²) in [6, 6.07) is 7.75. The van der Waals surface area contributed by atoms with Gasteiger partial charge in [0.2, 0.25) is 0 Å². The van der Waals surface area contributed by atoms with Gasteiger partial charge in [0.15, 0.2) is 10.8 Å². The Kier molecular flexibility index (Phi) is 4.72. The minimum Gasteiger partial charge on any atom is -0.494 e. The first-order valence-electron chi connectivity index (χ1n) is 9.16. The van der Waals surface area contributed by atoms with Crippen LogP contribution in [0.5, 0.6) is 5.75 Å². The van der Waals surface area contributed by atoms with E-state index >= 15 is 0 Å². The highest BCUT2D eigenvalue weighted by Crippen LogP contribution is 2.30. The number of carbonyl (C=O) groups is 1. The molecule has 3 heterocycles. The van der Waals surface area contributed by atoms with Crippen molar-refractivity contribution in [2.24, 2.45) is 0 Å². The van der Waals surface area contributed by atoms with Gasteiger partial charge in [0.05, 0.1) is 34.3 Å². The van der Waals surface area contributed by atoms with Crippen LogP contribution in [0.1, 0.15) is 42.9 Å². The molecule has 3 aromatic heterocycles. The molecule has 0 aliphatic heterocycles. The highest BCUT2D eigenvalue weighted by atomic mass is 32.1. The zero-order valence-electron chi connectivity index (χ0n) is 16.2. The van der Waals surface area contributed by atoms with Gasteiger partial charge in [-0.3, -0.25) is 10.1 Å². The second-order valence-electron chi connectivity index (χ2n) is 6.75. The number of amides is 1. The summed E-state index contributed by atoms with van der Waals surface area (Å²) in [7, 11) is 0. The number of nitrogens with one attached hydrogen (secondary N) is 1. The number of carbonyl (C=O) groups excluding carboxylic acids is 1. The Bertz CT molecular complexity index is 1180. The lowest BCUT2D eigenvalue weighted by atomic mass is 10.1. The van der Waals surface area contributed by atoms with Crippen LogP contribution in [-0.2, 0) is 0 Å². The molecule has 1 amide bonds. The summed E-state index contributed by atoms with van der Waals surface area (Å²) < 4.78 is 8.34. The van der Waals surface area contributed by atoms with Gasteiger partial charge in [-0.25, -0.2) is 14.6 Å². The molecule has 4 rings (SSSR count). The Hall–Kier alpha value is -3.00. The Labute approximate surface area is 166 Å². The average molecular weight is 395 g/mol. The van der Waals surface area contributed by atoms with Crippen LogP contribution < -0.4 is 10.1 Å². The van der Waals surface area contributed by atoms with Crippen molar-refractivity contribution in [2.75, 3.05) is 11.9 Å². The zero-order valence-corrected chi connectivity index (χ0v) is 17.0. The highest BCUT2D eigenvalue weighted by molar-refractivity contribution is 7.22. The van der Waals surface area contributed by atoms with Crippen molar-refractivity contribution in [2.45, 2.75) is 33.7 Å². The van der Waals surface area contributed by atoms with E-state index in [1.807, 2.05) is 56.6 Å². The molecule has 8 heteroatoms. The van der Waals surface area contributed by atoms with E-state index in [4.69, 9.17) is 4.74 Å². The van der Waals surface area contributed by atoms with Gasteiger partial charge < -0.3 is 4.74 Å². The number of ether oxygens (including phenoxy) is 1. The van der Waals surface area contributed by atoms with Crippen LogP contribution in [0.3, 0.4) is 0 Å². The van der Waals surface area contributed by atoms with Crippen LogP contribution in [0.2, 0.25) is 0 Å². The van der Waals surface area contributed by atoms with Gasteiger partial charge >= 0.3 is 0 Å². The molecule has 0 radical (unpaired) electrons. The first-order chi connectivity index (χ1) is 13.5. The molecule has 0 unspecified atom stereocenters. The Morgan fingerprint density at radius 2 is 2.11 bits per heavy atom. The molecule has 4 aromatic rings. The molecule has 0 atom stereocenters. The lowest BCUT2D eigenvalue weighted by molar-refractivity contribution is 0.102. The summed E-state index contributed by atoms with van der Waals surface area (Å²) in [5.41, 5.74) is 2.79. The molecular formula is C20H21N5O2S. The number of thiazole rings is 1. The van der Waals surface area contributed by atoms with Gasteiger partial charge in [0, 0.05) is 11.4 Å². The summed E-state index contributed by atoms with van der Waals surface area (Å²) in [6.45, 7) is 8.48. The third kappa shape index (κ3) is 3.31. The fourth-order valence-corrected chi connectivity index (χ4v) is 3.94. The maximum Gasteiger partial charge on any atom is 0.259 e. The van der Waals surface area contributed by atoms with E-state index in [2.05, 4.69) is 20.4 Å². The topological polar surface area (TPSA) is 81.9 Å². The summed E-state index contributed by atoms with van der Waals surface area (Å²) >= 11 is 1.42. The summed E-state index contributed by atoms with van der Waals surface area (Å²) in [5.74, 6) is 0.567. The number of fused-ring (bicyclic) bond motifs is 2. The van der Waals surface area contributed by atoms with E-state index in [0.29, 0.717) is 23.0 Å². The zero-order chi connectivity index (χ0) is 19.8. The number of hydrogen-bond acceptors (Lipinski definition) is 6. The number of aryl methyl sites for hydroxylation is 1. The molecule has 7 nitrogen and oxygen atoms in total. The fraction of sp³-hybridized carbons (Fsp3) is 0.300. The molecule has 1 N–H and O–H groups in total. The predicted octanol–water partition coefficient (Wildman–Crippen LogP) is 4.58. The van der Waals surface area contributed by atoms with Crippen molar-refractivity contribution in [3.63, 3.8) is 0 Å². The Balaban J connectivity index is 1.63. The first kappa shape index (κ1) is 18.4. The number of nitrogens with zero attached hydrogens (tertiary/aromatic N) is 4. The van der Waals surface area contributed by atoms with Crippen LogP contribution in [0.15, 0.2) is 30.5 Å². The second kappa shape index (κ2) is 7.20. The molecule has 0 aliphatic carbocycles. The maximum atomic E-state index is 12.8. The van der Waals surface area contributed by atoms with E-state index in [0.717, 1.165) is 27.0 Å². The Morgan fingerprint density at radius 1 is 1.29 bits per heavy atom. The number of benzene rings is 1. The van der Waals surface area contributed by atoms with Gasteiger partial charge in [0.25, 0.3) is 5.91 Å². The second-order valence-corrected chi connectivity index (χ2v) is 7.78. The van der Waals surface area contributed by atoms with E-state index in [1.54, 1.807) is 6.20 Å². The van der Waals surface area contributed by atoms with Crippen LogP contribution in [0, 0.1) is 6.92 Å². The number of aromatic nitrogens is 4. The van der Waals surface area contributed by atoms with Crippen molar-refractivity contribution < 1.29 is 9.53 Å². The molecule has 0 aliphatic rings. The normalized spacial score (nSPS) is 11.5. The van der Waals surface area contributed by atoms with Gasteiger partial charge in [0.1, 0.15) is 5.75 Å². The largest absolute Gasteiger partial charge is 0.494 e. The highest BCUT2D eigenvalue weighted by Gasteiger charge is 2.17. The average Bonchev–Trinajstić information content (AvgIpc) is 3.23. The lowest BCUT2D eigenvalue weighted by Gasteiger charge is -2.09. The summed E-state index contributed by atoms with van der Waals surface area (Å²) in [6.07, 6.45) is 1.74. The van der Waals surface area contributed by atoms with Crippen molar-refractivity contribution in [1.29, 1.82) is 0 Å². The van der Waals surface area contributed by atoms with Gasteiger partial charge in [-0.15, -0.1) is 0 Å². The van der Waals surface area contributed by atoms with Gasteiger partial charge in [-0.1, -0.05) is 11.3 Å². The van der Waals surface area contributed by atoms with Crippen LogP contribution in [0.25, 0.3) is 21.3 Å². The standard InChI is InChI=1S/C20H21N5O2S/c1-5-27-14-6-7-16-17(9-14)28-20(23-16)24-19(26)15-8-13-10-21-25(11(2)3)18(13)22-12(15)4/h6-11H,5H2,1-4H3,(H,23,24,26). The van der Waals surface area contributed by atoms with E-state index in [1.165, 1.54) is 11.3 Å². The number of anilines is 1. The molecule has 144 valence electrons. The summed E-state index contributed by atoms with van der Waals surface area (Å²) in [5, 5.41) is 8.66. The van der Waals surface area contributed by atoms with Crippen LogP contribution in [0.4, 0.5) is 5.13 Å². The quantitative estimate of drug-likeness (QED) is 0.535. The molecule has 0 saturated heterocycles. The SMILES string of the molecule is CCOc1ccc2nc(NC(=O)c3cc4cnn(C(C)C)c4nc3C)sc2c1. The number of rotatable bonds is 5. The molecule has 1 aromatic carbocycles. The molecule has 0 bridgehead atoms. The van der Waals surface area contributed by atoms with Gasteiger partial charge in [-0.05, 0) is 52.0 Å². The summed E-state index contributed by atoms with van der Waals surface area (Å²) in [4.78, 5) is 21.9. The third-order valence-corrected chi connectivity index (χ3v) is 5.32. The fourth-order valence-electron chi connectivity index (χ4n) is 3.05. The molecule has 0 spiro atoms. The minimum absolute atomic E-state index is 0.202. The van der Waals surface area contributed by atoms with Crippen molar-refractivity contribution >= 4 is 43.6 Å². The minimum atomic E-state index is -0.228. The van der Waals surface area contributed by atoms with Crippen LogP contribution in [-0.4, -0.2) is 32.3 Å². The predicted molar refractivity (Wildman–Crippen MR) is 111 cm³/mol. The molecule has 0 saturated carbocycles. The van der Waals surface area contributed by atoms with Crippen molar-refractivity contribution in [3.8, 4) is 5.75 Å². The van der Waals surface area contributed by atoms with E-state index < -0.39 is 0 Å². The van der Waals surface area contributed by atoms with Crippen molar-refractivity contribution in [1.82, 2.24) is 19.7 Å². The van der Waals surface area contributed by atoms with E-state index in [9.17, 15) is 4.79 Å². The molecule has 28 heavy (non-hydrogen) atoms.